The molecule has 14 saturated carbocycles. The third-order valence-electron chi connectivity index (χ3n) is 30.7. The molecule has 2 heteroatoms. The van der Waals surface area contributed by atoms with Crippen LogP contribution in [0.4, 0.5) is 0 Å². The Balaban J connectivity index is 0.801. The molecule has 14 rings (SSSR count). The van der Waals surface area contributed by atoms with E-state index in [9.17, 15) is 0 Å². The first-order chi connectivity index (χ1) is 34.7. The summed E-state index contributed by atoms with van der Waals surface area (Å²) >= 11 is 0. The first-order valence-electron chi connectivity index (χ1n) is 34.3. The monoisotopic (exact) mass is 985 g/mol. The fourth-order valence-electron chi connectivity index (χ4n) is 28.1. The van der Waals surface area contributed by atoms with Gasteiger partial charge in [0.1, 0.15) is 0 Å². The Hall–Kier alpha value is -0.0800. The molecule has 406 valence electrons. The van der Waals surface area contributed by atoms with Gasteiger partial charge in [0, 0.05) is 36.3 Å². The van der Waals surface area contributed by atoms with Gasteiger partial charge in [0.25, 0.3) is 0 Å². The van der Waals surface area contributed by atoms with Gasteiger partial charge >= 0.3 is 0 Å². The molecule has 24 atom stereocenters. The average Bonchev–Trinajstić information content (AvgIpc) is 3.96. The van der Waals surface area contributed by atoms with Gasteiger partial charge in [0.05, 0.1) is 0 Å². The molecule has 24 unspecified atom stereocenters. The van der Waals surface area contributed by atoms with Gasteiger partial charge in [-0.3, -0.25) is 9.80 Å². The summed E-state index contributed by atoms with van der Waals surface area (Å²) in [5.41, 5.74) is 2.17. The van der Waals surface area contributed by atoms with Crippen LogP contribution in [0, 0.1) is 128 Å². The molecule has 14 fully saturated rings. The fourth-order valence-corrected chi connectivity index (χ4v) is 28.1. The summed E-state index contributed by atoms with van der Waals surface area (Å²) in [6.45, 7) is 22.6. The van der Waals surface area contributed by atoms with Gasteiger partial charge in [-0.1, -0.05) is 120 Å². The molecular formula is C70H116N2. The average molecular weight is 986 g/mol. The van der Waals surface area contributed by atoms with Crippen LogP contribution in [0.2, 0.25) is 0 Å². The summed E-state index contributed by atoms with van der Waals surface area (Å²) < 4.78 is 0. The van der Waals surface area contributed by atoms with Crippen molar-refractivity contribution in [1.29, 1.82) is 0 Å². The van der Waals surface area contributed by atoms with E-state index in [4.69, 9.17) is 0 Å². The lowest BCUT2D eigenvalue weighted by Gasteiger charge is -2.60. The third kappa shape index (κ3) is 7.68. The minimum Gasteiger partial charge on any atom is -0.294 e. The van der Waals surface area contributed by atoms with Crippen LogP contribution in [0.25, 0.3) is 0 Å². The summed E-state index contributed by atoms with van der Waals surface area (Å²) in [6, 6.07) is 5.12. The van der Waals surface area contributed by atoms with Gasteiger partial charge in [0.15, 0.2) is 0 Å². The highest BCUT2D eigenvalue weighted by molar-refractivity contribution is 5.14. The Morgan fingerprint density at radius 1 is 0.208 bits per heavy atom. The van der Waals surface area contributed by atoms with Crippen molar-refractivity contribution in [2.75, 3.05) is 0 Å². The maximum Gasteiger partial charge on any atom is 0.0133 e. The van der Waals surface area contributed by atoms with Crippen molar-refractivity contribution in [1.82, 2.24) is 9.80 Å². The number of nitrogens with zero attached hydrogens (tertiary/aromatic N) is 2. The first kappa shape index (κ1) is 50.2. The van der Waals surface area contributed by atoms with E-state index in [2.05, 4.69) is 65.2 Å². The van der Waals surface area contributed by atoms with Gasteiger partial charge in [-0.05, 0) is 282 Å². The predicted molar refractivity (Wildman–Crippen MR) is 301 cm³/mol. The molecule has 14 aliphatic carbocycles. The molecule has 0 bridgehead atoms. The van der Waals surface area contributed by atoms with Crippen molar-refractivity contribution in [2.24, 2.45) is 128 Å². The molecule has 0 aromatic rings. The number of hydrogen-bond donors (Lipinski definition) is 0. The molecule has 14 aliphatic rings. The second kappa shape index (κ2) is 18.8. The topological polar surface area (TPSA) is 6.48 Å². The molecule has 0 aromatic carbocycles. The van der Waals surface area contributed by atoms with Crippen LogP contribution < -0.4 is 0 Å². The van der Waals surface area contributed by atoms with Crippen LogP contribution in [0.3, 0.4) is 0 Å². The van der Waals surface area contributed by atoms with Crippen molar-refractivity contribution in [3.05, 3.63) is 0 Å². The van der Waals surface area contributed by atoms with Crippen molar-refractivity contribution < 1.29 is 0 Å². The van der Waals surface area contributed by atoms with E-state index < -0.39 is 0 Å². The second-order valence-electron chi connectivity index (χ2n) is 33.7. The van der Waals surface area contributed by atoms with Crippen LogP contribution >= 0.6 is 0 Å². The smallest absolute Gasteiger partial charge is 0.0133 e. The highest BCUT2D eigenvalue weighted by atomic mass is 15.3. The van der Waals surface area contributed by atoms with Crippen LogP contribution in [0.5, 0.6) is 0 Å². The summed E-state index contributed by atoms with van der Waals surface area (Å²) in [6.07, 6.45) is 52.7. The Morgan fingerprint density at radius 3 is 0.694 bits per heavy atom. The van der Waals surface area contributed by atoms with Gasteiger partial charge in [0.2, 0.25) is 0 Å². The highest BCUT2D eigenvalue weighted by Gasteiger charge is 2.64. The Bertz CT molecular complexity index is 1670. The fraction of sp³-hybridized carbons (Fsp3) is 1.00. The van der Waals surface area contributed by atoms with Crippen LogP contribution in [0.1, 0.15) is 274 Å². The predicted octanol–water partition coefficient (Wildman–Crippen LogP) is 18.5. The summed E-state index contributed by atoms with van der Waals surface area (Å²) in [4.78, 5) is 7.21. The number of hydrogen-bond acceptors (Lipinski definition) is 2. The van der Waals surface area contributed by atoms with Crippen LogP contribution in [-0.2, 0) is 0 Å². The summed E-state index contributed by atoms with van der Waals surface area (Å²) in [5.74, 6) is 18.2. The van der Waals surface area contributed by atoms with Gasteiger partial charge in [-0.2, -0.15) is 0 Å². The Labute approximate surface area is 445 Å². The molecule has 0 saturated heterocycles. The van der Waals surface area contributed by atoms with E-state index in [-0.39, 0.29) is 0 Å². The van der Waals surface area contributed by atoms with Crippen molar-refractivity contribution >= 4 is 0 Å². The van der Waals surface area contributed by atoms with Crippen LogP contribution in [-0.4, -0.2) is 46.1 Å². The van der Waals surface area contributed by atoms with E-state index >= 15 is 0 Å². The molecular weight excluding hydrogens is 869 g/mol. The van der Waals surface area contributed by atoms with E-state index in [0.717, 1.165) is 143 Å². The van der Waals surface area contributed by atoms with E-state index in [1.54, 1.807) is 154 Å². The lowest BCUT2D eigenvalue weighted by Crippen LogP contribution is -2.63. The molecule has 0 radical (unpaired) electrons. The lowest BCUT2D eigenvalue weighted by atomic mass is 9.61. The zero-order valence-corrected chi connectivity index (χ0v) is 48.8. The Morgan fingerprint density at radius 2 is 0.431 bits per heavy atom. The minimum atomic E-state index is 0.543. The molecule has 0 aliphatic heterocycles. The lowest BCUT2D eigenvalue weighted by molar-refractivity contribution is -0.101. The normalized spacial score (nSPS) is 53.8. The molecule has 0 heterocycles. The second-order valence-corrected chi connectivity index (χ2v) is 33.7. The maximum absolute atomic E-state index is 3.61. The third-order valence-corrected chi connectivity index (χ3v) is 30.7. The zero-order valence-electron chi connectivity index (χ0n) is 48.8. The van der Waals surface area contributed by atoms with E-state index in [0.29, 0.717) is 21.7 Å². The number of fused-ring (bicyclic) bond motifs is 13. The molecule has 0 aromatic heterocycles. The molecule has 0 N–H and O–H groups in total. The maximum atomic E-state index is 3.61. The van der Waals surface area contributed by atoms with Gasteiger partial charge in [-0.25, -0.2) is 0 Å². The minimum absolute atomic E-state index is 0.543. The van der Waals surface area contributed by atoms with Gasteiger partial charge < -0.3 is 0 Å². The molecule has 2 nitrogen and oxygen atoms in total. The van der Waals surface area contributed by atoms with Crippen molar-refractivity contribution in [3.8, 4) is 0 Å². The van der Waals surface area contributed by atoms with Crippen molar-refractivity contribution in [3.63, 3.8) is 0 Å². The Kier molecular flexibility index (Phi) is 13.1. The van der Waals surface area contributed by atoms with Crippen molar-refractivity contribution in [2.45, 2.75) is 310 Å². The van der Waals surface area contributed by atoms with Gasteiger partial charge in [-0.15, -0.1) is 0 Å². The quantitative estimate of drug-likeness (QED) is 0.262. The summed E-state index contributed by atoms with van der Waals surface area (Å²) in [5, 5.41) is 0. The molecule has 0 amide bonds. The molecule has 72 heavy (non-hydrogen) atoms. The SMILES string of the molecule is CC1(C)C2CCCCC2C2CCC(N(C3CCC4C5CCCCC5C(C)(C)C4C3)C3CCCC4C3CCCC4N(C3CCC4C5CCCCC5C(C)(C)C4C3)C3CCC4C5CCCCC5C(C)(C)C4C3)CC21. The molecule has 0 spiro atoms. The zero-order chi connectivity index (χ0) is 49.1. The standard InChI is InChI=1S/C70H116N2/c1-67(2)57-25-13-9-19-47(57)51-35-31-43(39-61(51)67)71(44-32-36-52-48-20-10-14-26-58(48)68(3,4)62(52)40-44)65-29-17-24-56-55(65)23-18-30-66(56)72(45-33-37-53-49-21-11-15-27-59(49)69(5,6)63(53)41-45)46-34-38-54-50-22-12-16-28-60(50)70(7,8)64(54)42-46/h43-66H,9-42H2,1-8H3. The van der Waals surface area contributed by atoms with E-state index in [1.807, 2.05) is 0 Å². The largest absolute Gasteiger partial charge is 0.294 e. The number of rotatable bonds is 6. The summed E-state index contributed by atoms with van der Waals surface area (Å²) in [7, 11) is 0. The van der Waals surface area contributed by atoms with Crippen LogP contribution in [0.15, 0.2) is 0 Å². The first-order valence-corrected chi connectivity index (χ1v) is 34.3. The highest BCUT2D eigenvalue weighted by Crippen LogP contribution is 2.69. The van der Waals surface area contributed by atoms with E-state index in [1.165, 1.54) is 64.2 Å².